The van der Waals surface area contributed by atoms with E-state index in [4.69, 9.17) is 4.74 Å². The fourth-order valence-corrected chi connectivity index (χ4v) is 3.46. The van der Waals surface area contributed by atoms with Gasteiger partial charge in [-0.3, -0.25) is 0 Å². The third kappa shape index (κ3) is 2.58. The van der Waals surface area contributed by atoms with Gasteiger partial charge in [-0.2, -0.15) is 0 Å². The van der Waals surface area contributed by atoms with E-state index in [0.29, 0.717) is 0 Å². The maximum absolute atomic E-state index is 5.35. The summed E-state index contributed by atoms with van der Waals surface area (Å²) in [4.78, 5) is 0. The first kappa shape index (κ1) is 11.9. The summed E-state index contributed by atoms with van der Waals surface area (Å²) in [6.45, 7) is 2.27. The molecule has 88 valence electrons. The number of benzene rings is 1. The minimum atomic E-state index is 0.784. The zero-order chi connectivity index (χ0) is 11.4. The highest BCUT2D eigenvalue weighted by Gasteiger charge is 2.18. The van der Waals surface area contributed by atoms with Crippen molar-refractivity contribution >= 4 is 13.9 Å². The van der Waals surface area contributed by atoms with Crippen LogP contribution in [0, 0.1) is 0 Å². The highest BCUT2D eigenvalue weighted by molar-refractivity contribution is 7.46. The third-order valence-corrected chi connectivity index (χ3v) is 4.57. The Morgan fingerprint density at radius 1 is 1.19 bits per heavy atom. The smallest absolute Gasteiger partial charge is 0.119 e. The molecule has 0 bridgehead atoms. The van der Waals surface area contributed by atoms with Crippen LogP contribution in [0.1, 0.15) is 43.6 Å². The van der Waals surface area contributed by atoms with Gasteiger partial charge in [-0.25, -0.2) is 0 Å². The predicted molar refractivity (Wildman–Crippen MR) is 72.7 cm³/mol. The van der Waals surface area contributed by atoms with Gasteiger partial charge >= 0.3 is 0 Å². The number of methoxy groups -OCH3 is 1. The van der Waals surface area contributed by atoms with Crippen LogP contribution in [0.15, 0.2) is 18.2 Å². The van der Waals surface area contributed by atoms with Crippen LogP contribution < -0.4 is 10.0 Å². The highest BCUT2D eigenvalue weighted by atomic mass is 31.1. The van der Waals surface area contributed by atoms with Crippen molar-refractivity contribution in [1.82, 2.24) is 0 Å². The summed E-state index contributed by atoms with van der Waals surface area (Å²) < 4.78 is 5.35. The molecule has 0 aromatic heterocycles. The molecule has 2 heteroatoms. The van der Waals surface area contributed by atoms with Gasteiger partial charge in [0.2, 0.25) is 0 Å². The van der Waals surface area contributed by atoms with Crippen molar-refractivity contribution in [1.29, 1.82) is 0 Å². The maximum Gasteiger partial charge on any atom is 0.119 e. The second-order valence-corrected chi connectivity index (χ2v) is 5.58. The van der Waals surface area contributed by atoms with E-state index in [1.807, 2.05) is 0 Å². The molecule has 1 saturated carbocycles. The van der Waals surface area contributed by atoms with Gasteiger partial charge in [0.05, 0.1) is 7.11 Å². The van der Waals surface area contributed by atoms with E-state index in [-0.39, 0.29) is 0 Å². The van der Waals surface area contributed by atoms with Gasteiger partial charge < -0.3 is 4.74 Å². The molecular weight excluding hydrogens is 215 g/mol. The summed E-state index contributed by atoms with van der Waals surface area (Å²) in [7, 11) is 2.65. The summed E-state index contributed by atoms with van der Waals surface area (Å²) in [5.41, 5.74) is 1.56. The molecule has 0 saturated heterocycles. The minimum Gasteiger partial charge on any atom is -0.497 e. The molecule has 0 heterocycles. The lowest BCUT2D eigenvalue weighted by atomic mass is 9.84. The largest absolute Gasteiger partial charge is 0.497 e. The van der Waals surface area contributed by atoms with Crippen LogP contribution in [-0.2, 0) is 0 Å². The van der Waals surface area contributed by atoms with E-state index >= 15 is 0 Å². The molecule has 1 aromatic rings. The first-order valence-electron chi connectivity index (χ1n) is 6.21. The molecule has 0 spiro atoms. The summed E-state index contributed by atoms with van der Waals surface area (Å²) in [6, 6.07) is 6.61. The molecule has 16 heavy (non-hydrogen) atoms. The van der Waals surface area contributed by atoms with Crippen molar-refractivity contribution in [2.75, 3.05) is 13.8 Å². The number of hydrogen-bond acceptors (Lipinski definition) is 1. The average molecular weight is 236 g/mol. The van der Waals surface area contributed by atoms with Crippen molar-refractivity contribution in [3.05, 3.63) is 23.8 Å². The highest BCUT2D eigenvalue weighted by Crippen LogP contribution is 2.34. The lowest BCUT2D eigenvalue weighted by Crippen LogP contribution is -2.13. The number of rotatable bonds is 3. The molecule has 1 nitrogen and oxygen atoms in total. The fraction of sp³-hybridized carbons (Fsp3) is 0.571. The Morgan fingerprint density at radius 3 is 2.56 bits per heavy atom. The predicted octanol–water partition coefficient (Wildman–Crippen LogP) is 3.68. The van der Waals surface area contributed by atoms with E-state index < -0.39 is 0 Å². The van der Waals surface area contributed by atoms with Crippen LogP contribution in [-0.4, -0.2) is 13.8 Å². The first-order chi connectivity index (χ1) is 7.85. The average Bonchev–Trinajstić information content (AvgIpc) is 2.39. The Hall–Kier alpha value is -0.550. The Morgan fingerprint density at radius 2 is 1.94 bits per heavy atom. The zero-order valence-corrected chi connectivity index (χ0v) is 11.3. The van der Waals surface area contributed by atoms with Crippen LogP contribution >= 0.6 is 8.58 Å². The third-order valence-electron chi connectivity index (χ3n) is 3.57. The standard InChI is InChI=1S/C14H21OP/c1-15-12-8-9-14(16-2)13(10-12)11-6-4-3-5-7-11/h8-11,16H,3-7H2,1-2H3. The van der Waals surface area contributed by atoms with Crippen LogP contribution in [0.3, 0.4) is 0 Å². The molecule has 1 aromatic carbocycles. The SMILES string of the molecule is COc1ccc(PC)c(C2CCCCC2)c1. The Balaban J connectivity index is 2.27. The van der Waals surface area contributed by atoms with Gasteiger partial charge in [0.15, 0.2) is 0 Å². The Kier molecular flexibility index (Phi) is 4.23. The van der Waals surface area contributed by atoms with Gasteiger partial charge in [-0.1, -0.05) is 33.9 Å². The van der Waals surface area contributed by atoms with Crippen molar-refractivity contribution in [3.63, 3.8) is 0 Å². The topological polar surface area (TPSA) is 9.23 Å². The zero-order valence-electron chi connectivity index (χ0n) is 10.3. The molecule has 0 radical (unpaired) electrons. The monoisotopic (exact) mass is 236 g/mol. The molecule has 1 atom stereocenters. The molecular formula is C14H21OP. The Labute approximate surface area is 100 Å². The van der Waals surface area contributed by atoms with E-state index in [9.17, 15) is 0 Å². The molecule has 0 N–H and O–H groups in total. The second kappa shape index (κ2) is 5.68. The van der Waals surface area contributed by atoms with Crippen LogP contribution in [0.2, 0.25) is 0 Å². The molecule has 0 aliphatic heterocycles. The molecule has 2 rings (SSSR count). The quantitative estimate of drug-likeness (QED) is 0.727. The Bertz CT molecular complexity index is 343. The van der Waals surface area contributed by atoms with Gasteiger partial charge in [0.1, 0.15) is 5.75 Å². The van der Waals surface area contributed by atoms with Crippen LogP contribution in [0.25, 0.3) is 0 Å². The van der Waals surface area contributed by atoms with Crippen molar-refractivity contribution in [2.45, 2.75) is 38.0 Å². The lowest BCUT2D eigenvalue weighted by molar-refractivity contribution is 0.410. The molecule has 1 aliphatic carbocycles. The molecule has 0 amide bonds. The summed E-state index contributed by atoms with van der Waals surface area (Å²) in [5, 5.41) is 1.53. The normalized spacial score (nSPS) is 18.1. The van der Waals surface area contributed by atoms with Gasteiger partial charge in [-0.15, -0.1) is 0 Å². The van der Waals surface area contributed by atoms with Crippen molar-refractivity contribution in [3.8, 4) is 5.75 Å². The lowest BCUT2D eigenvalue weighted by Gasteiger charge is -2.24. The summed E-state index contributed by atoms with van der Waals surface area (Å²) in [5.74, 6) is 1.80. The first-order valence-corrected chi connectivity index (χ1v) is 7.71. The summed E-state index contributed by atoms with van der Waals surface area (Å²) >= 11 is 0. The fourth-order valence-electron chi connectivity index (χ4n) is 2.65. The van der Waals surface area contributed by atoms with Gasteiger partial charge in [0, 0.05) is 0 Å². The van der Waals surface area contributed by atoms with E-state index in [1.54, 1.807) is 12.7 Å². The molecule has 1 fully saturated rings. The van der Waals surface area contributed by atoms with Crippen molar-refractivity contribution < 1.29 is 4.74 Å². The van der Waals surface area contributed by atoms with Crippen molar-refractivity contribution in [2.24, 2.45) is 0 Å². The summed E-state index contributed by atoms with van der Waals surface area (Å²) in [6.07, 6.45) is 6.95. The van der Waals surface area contributed by atoms with Gasteiger partial charge in [0.25, 0.3) is 0 Å². The molecule has 1 aliphatic rings. The number of hydrogen-bond donors (Lipinski definition) is 0. The van der Waals surface area contributed by atoms with E-state index in [2.05, 4.69) is 24.9 Å². The van der Waals surface area contributed by atoms with E-state index in [1.165, 1.54) is 37.4 Å². The van der Waals surface area contributed by atoms with Crippen LogP contribution in [0.4, 0.5) is 0 Å². The van der Waals surface area contributed by atoms with E-state index in [0.717, 1.165) is 20.2 Å². The molecule has 1 unspecified atom stereocenters. The minimum absolute atomic E-state index is 0.784. The maximum atomic E-state index is 5.35. The number of ether oxygens (including phenoxy) is 1. The van der Waals surface area contributed by atoms with Gasteiger partial charge in [-0.05, 0) is 48.4 Å². The second-order valence-electron chi connectivity index (χ2n) is 4.54. The van der Waals surface area contributed by atoms with Crippen LogP contribution in [0.5, 0.6) is 5.75 Å².